The Labute approximate surface area is 121 Å². The predicted molar refractivity (Wildman–Crippen MR) is 79.0 cm³/mol. The van der Waals surface area contributed by atoms with E-state index in [2.05, 4.69) is 10.6 Å². The zero-order chi connectivity index (χ0) is 14.9. The predicted octanol–water partition coefficient (Wildman–Crippen LogP) is 2.06. The van der Waals surface area contributed by atoms with Crippen molar-refractivity contribution < 1.29 is 9.72 Å². The lowest BCUT2D eigenvalue weighted by Gasteiger charge is -2.07. The Kier molecular flexibility index (Phi) is 3.80. The van der Waals surface area contributed by atoms with E-state index in [-0.39, 0.29) is 28.3 Å². The van der Waals surface area contributed by atoms with Crippen LogP contribution in [0.3, 0.4) is 0 Å². The smallest absolute Gasteiger partial charge is 0.273 e. The van der Waals surface area contributed by atoms with Crippen LogP contribution in [0, 0.1) is 10.1 Å². The van der Waals surface area contributed by atoms with Gasteiger partial charge in [-0.15, -0.1) is 0 Å². The molecule has 1 heterocycles. The van der Waals surface area contributed by atoms with Gasteiger partial charge in [-0.2, -0.15) is 0 Å². The van der Waals surface area contributed by atoms with Crippen LogP contribution >= 0.6 is 12.2 Å². The fraction of sp³-hybridized carbons (Fsp3) is 0.231. The minimum Gasteiger partial charge on any atom is -0.328 e. The molecule has 0 saturated carbocycles. The Morgan fingerprint density at radius 3 is 2.55 bits per heavy atom. The molecule has 0 radical (unpaired) electrons. The number of hydrogen-bond donors (Lipinski definition) is 2. The minimum absolute atomic E-state index is 0.0512. The van der Waals surface area contributed by atoms with E-state index in [1.807, 2.05) is 13.8 Å². The average Bonchev–Trinajstić information content (AvgIpc) is 2.67. The highest BCUT2D eigenvalue weighted by Crippen LogP contribution is 2.28. The summed E-state index contributed by atoms with van der Waals surface area (Å²) in [5.74, 6) is -0.289. The van der Waals surface area contributed by atoms with Gasteiger partial charge < -0.3 is 5.32 Å². The number of hydrogen-bond acceptors (Lipinski definition) is 4. The van der Waals surface area contributed by atoms with Crippen molar-refractivity contribution in [2.75, 3.05) is 0 Å². The molecule has 1 aliphatic rings. The molecular weight excluding hydrogens is 278 g/mol. The third kappa shape index (κ3) is 2.83. The normalized spacial score (nSPS) is 16.4. The third-order valence-electron chi connectivity index (χ3n) is 2.90. The molecule has 1 fully saturated rings. The van der Waals surface area contributed by atoms with E-state index >= 15 is 0 Å². The Balaban J connectivity index is 2.42. The third-order valence-corrected chi connectivity index (χ3v) is 3.11. The topological polar surface area (TPSA) is 84.3 Å². The van der Waals surface area contributed by atoms with Crippen molar-refractivity contribution in [3.8, 4) is 0 Å². The summed E-state index contributed by atoms with van der Waals surface area (Å²) in [6, 6.07) is 4.91. The molecule has 104 valence electrons. The van der Waals surface area contributed by atoms with E-state index in [0.717, 1.165) is 0 Å². The van der Waals surface area contributed by atoms with Gasteiger partial charge in [0.25, 0.3) is 11.6 Å². The van der Waals surface area contributed by atoms with Gasteiger partial charge in [-0.25, -0.2) is 0 Å². The van der Waals surface area contributed by atoms with Gasteiger partial charge in [-0.05, 0) is 29.8 Å². The molecule has 0 aliphatic carbocycles. The minimum atomic E-state index is -0.413. The van der Waals surface area contributed by atoms with Gasteiger partial charge in [0.2, 0.25) is 0 Å². The van der Waals surface area contributed by atoms with E-state index in [1.54, 1.807) is 12.1 Å². The van der Waals surface area contributed by atoms with Crippen molar-refractivity contribution in [2.24, 2.45) is 0 Å². The monoisotopic (exact) mass is 291 g/mol. The summed E-state index contributed by atoms with van der Waals surface area (Å²) < 4.78 is 0. The van der Waals surface area contributed by atoms with Crippen LogP contribution in [0.1, 0.15) is 30.9 Å². The average molecular weight is 291 g/mol. The number of nitrogens with one attached hydrogen (secondary N) is 2. The molecule has 2 N–H and O–H groups in total. The SMILES string of the molecule is CC(C)c1ccc(/C=C2/NC(=S)NC2=O)cc1[N+](=O)[O-]. The first-order valence-electron chi connectivity index (χ1n) is 6.01. The molecule has 1 saturated heterocycles. The maximum atomic E-state index is 11.5. The Bertz CT molecular complexity index is 638. The second-order valence-corrected chi connectivity index (χ2v) is 5.10. The number of nitro benzene ring substituents is 1. The highest BCUT2D eigenvalue weighted by molar-refractivity contribution is 7.80. The summed E-state index contributed by atoms with van der Waals surface area (Å²) in [5.41, 5.74) is 1.57. The molecule has 0 spiro atoms. The molecule has 0 bridgehead atoms. The van der Waals surface area contributed by atoms with Crippen LogP contribution < -0.4 is 10.6 Å². The number of thiocarbonyl (C=S) groups is 1. The van der Waals surface area contributed by atoms with E-state index in [9.17, 15) is 14.9 Å². The molecule has 0 aromatic heterocycles. The van der Waals surface area contributed by atoms with Crippen LogP contribution in [-0.2, 0) is 4.79 Å². The largest absolute Gasteiger partial charge is 0.328 e. The van der Waals surface area contributed by atoms with E-state index in [0.29, 0.717) is 11.1 Å². The standard InChI is InChI=1S/C13H13N3O3S/c1-7(2)9-4-3-8(6-11(9)16(18)19)5-10-12(17)15-13(20)14-10/h3-7H,1-2H3,(H2,14,15,17,20)/b10-5+. The van der Waals surface area contributed by atoms with Gasteiger partial charge in [0.15, 0.2) is 5.11 Å². The van der Waals surface area contributed by atoms with Crippen molar-refractivity contribution in [3.63, 3.8) is 0 Å². The van der Waals surface area contributed by atoms with Crippen LogP contribution in [0.5, 0.6) is 0 Å². The van der Waals surface area contributed by atoms with Crippen molar-refractivity contribution in [1.29, 1.82) is 0 Å². The molecule has 6 nitrogen and oxygen atoms in total. The van der Waals surface area contributed by atoms with Crippen LogP contribution in [0.4, 0.5) is 5.69 Å². The van der Waals surface area contributed by atoms with Crippen LogP contribution in [0.15, 0.2) is 23.9 Å². The Morgan fingerprint density at radius 2 is 2.05 bits per heavy atom. The quantitative estimate of drug-likeness (QED) is 0.385. The molecule has 2 rings (SSSR count). The number of rotatable bonds is 3. The molecule has 1 aromatic carbocycles. The van der Waals surface area contributed by atoms with Crippen molar-refractivity contribution in [1.82, 2.24) is 10.6 Å². The Hall–Kier alpha value is -2.28. The zero-order valence-corrected chi connectivity index (χ0v) is 11.8. The van der Waals surface area contributed by atoms with Crippen molar-refractivity contribution in [3.05, 3.63) is 45.1 Å². The molecule has 7 heteroatoms. The summed E-state index contributed by atoms with van der Waals surface area (Å²) in [4.78, 5) is 22.2. The number of carbonyl (C=O) groups excluding carboxylic acids is 1. The van der Waals surface area contributed by atoms with Gasteiger partial charge in [0.05, 0.1) is 4.92 Å². The number of nitrogens with zero attached hydrogens (tertiary/aromatic N) is 1. The summed E-state index contributed by atoms with van der Waals surface area (Å²) >= 11 is 4.82. The first-order valence-corrected chi connectivity index (χ1v) is 6.41. The highest BCUT2D eigenvalue weighted by Gasteiger charge is 2.21. The maximum Gasteiger partial charge on any atom is 0.273 e. The van der Waals surface area contributed by atoms with E-state index < -0.39 is 4.92 Å². The van der Waals surface area contributed by atoms with Crippen LogP contribution in [-0.4, -0.2) is 15.9 Å². The first kappa shape index (κ1) is 14.1. The molecule has 0 atom stereocenters. The lowest BCUT2D eigenvalue weighted by molar-refractivity contribution is -0.385. The van der Waals surface area contributed by atoms with Crippen LogP contribution in [0.25, 0.3) is 6.08 Å². The second kappa shape index (κ2) is 5.38. The molecular formula is C13H13N3O3S. The molecule has 0 unspecified atom stereocenters. The lowest BCUT2D eigenvalue weighted by atomic mass is 9.99. The van der Waals surface area contributed by atoms with Gasteiger partial charge in [-0.1, -0.05) is 26.0 Å². The highest BCUT2D eigenvalue weighted by atomic mass is 32.1. The van der Waals surface area contributed by atoms with Gasteiger partial charge in [0, 0.05) is 11.6 Å². The fourth-order valence-corrected chi connectivity index (χ4v) is 2.15. The maximum absolute atomic E-state index is 11.5. The van der Waals surface area contributed by atoms with Crippen LogP contribution in [0.2, 0.25) is 0 Å². The number of amides is 1. The van der Waals surface area contributed by atoms with Gasteiger partial charge in [-0.3, -0.25) is 20.2 Å². The summed E-state index contributed by atoms with van der Waals surface area (Å²) in [6.45, 7) is 3.79. The number of carbonyl (C=O) groups is 1. The summed E-state index contributed by atoms with van der Waals surface area (Å²) in [7, 11) is 0. The number of benzene rings is 1. The first-order chi connectivity index (χ1) is 9.38. The van der Waals surface area contributed by atoms with Crippen molar-refractivity contribution in [2.45, 2.75) is 19.8 Å². The molecule has 20 heavy (non-hydrogen) atoms. The Morgan fingerprint density at radius 1 is 1.35 bits per heavy atom. The molecule has 1 amide bonds. The van der Waals surface area contributed by atoms with Gasteiger partial charge in [0.1, 0.15) is 5.70 Å². The summed E-state index contributed by atoms with van der Waals surface area (Å²) in [6.07, 6.45) is 1.53. The van der Waals surface area contributed by atoms with E-state index in [1.165, 1.54) is 12.1 Å². The second-order valence-electron chi connectivity index (χ2n) is 4.70. The molecule has 1 aromatic rings. The zero-order valence-electron chi connectivity index (χ0n) is 11.0. The van der Waals surface area contributed by atoms with Crippen molar-refractivity contribution >= 4 is 35.0 Å². The number of nitro groups is 1. The molecule has 1 aliphatic heterocycles. The van der Waals surface area contributed by atoms with Gasteiger partial charge >= 0.3 is 0 Å². The van der Waals surface area contributed by atoms with E-state index in [4.69, 9.17) is 12.2 Å². The summed E-state index contributed by atoms with van der Waals surface area (Å²) in [5, 5.41) is 16.5. The fourth-order valence-electron chi connectivity index (χ4n) is 1.95. The lowest BCUT2D eigenvalue weighted by Crippen LogP contribution is -2.21.